The number of benzene rings is 1. The fourth-order valence-electron chi connectivity index (χ4n) is 1.29. The van der Waals surface area contributed by atoms with Crippen molar-refractivity contribution in [2.45, 2.75) is 0 Å². The van der Waals surface area contributed by atoms with Crippen LogP contribution in [0.4, 0.5) is 5.69 Å². The molecule has 0 spiro atoms. The highest BCUT2D eigenvalue weighted by Crippen LogP contribution is 2.24. The number of amides is 1. The molecule has 0 aromatic heterocycles. The molecule has 0 aliphatic rings. The third kappa shape index (κ3) is 4.82. The predicted octanol–water partition coefficient (Wildman–Crippen LogP) is 1.08. The summed E-state index contributed by atoms with van der Waals surface area (Å²) < 4.78 is 4.72. The molecule has 1 amide bonds. The van der Waals surface area contributed by atoms with Gasteiger partial charge < -0.3 is 15.2 Å². The Bertz CT molecular complexity index is 534. The van der Waals surface area contributed by atoms with E-state index in [2.05, 4.69) is 5.32 Å². The van der Waals surface area contributed by atoms with Gasteiger partial charge in [0, 0.05) is 18.2 Å². The van der Waals surface area contributed by atoms with Crippen LogP contribution >= 0.6 is 11.6 Å². The molecule has 0 aliphatic heterocycles. The monoisotopic (exact) mass is 302 g/mol. The molecule has 0 atom stereocenters. The molecule has 0 radical (unpaired) electrons. The minimum Gasteiger partial charge on any atom is -0.480 e. The van der Waals surface area contributed by atoms with Gasteiger partial charge in [-0.15, -0.1) is 0 Å². The first-order valence-corrected chi connectivity index (χ1v) is 5.81. The van der Waals surface area contributed by atoms with Crippen molar-refractivity contribution >= 4 is 29.2 Å². The molecule has 0 saturated carbocycles. The molecule has 1 rings (SSSR count). The Morgan fingerprint density at radius 1 is 1.45 bits per heavy atom. The largest absolute Gasteiger partial charge is 0.480 e. The molecule has 20 heavy (non-hydrogen) atoms. The van der Waals surface area contributed by atoms with Crippen molar-refractivity contribution in [3.05, 3.63) is 38.9 Å². The molecule has 0 unspecified atom stereocenters. The summed E-state index contributed by atoms with van der Waals surface area (Å²) in [7, 11) is 0. The van der Waals surface area contributed by atoms with E-state index in [4.69, 9.17) is 21.4 Å². The predicted molar refractivity (Wildman–Crippen MR) is 68.9 cm³/mol. The number of carbonyl (C=O) groups is 2. The molecule has 0 fully saturated rings. The number of carboxylic acid groups (broad SMARTS) is 1. The van der Waals surface area contributed by atoms with Gasteiger partial charge in [0.1, 0.15) is 11.6 Å². The van der Waals surface area contributed by atoms with Crippen molar-refractivity contribution in [1.29, 1.82) is 0 Å². The van der Waals surface area contributed by atoms with E-state index in [1.807, 2.05) is 0 Å². The molecule has 0 heterocycles. The lowest BCUT2D eigenvalue weighted by molar-refractivity contribution is -0.384. The number of nitro groups is 1. The van der Waals surface area contributed by atoms with Crippen LogP contribution in [0.3, 0.4) is 0 Å². The number of hydrogen-bond acceptors (Lipinski definition) is 5. The van der Waals surface area contributed by atoms with Gasteiger partial charge in [0.15, 0.2) is 0 Å². The first kappa shape index (κ1) is 15.9. The Labute approximate surface area is 118 Å². The van der Waals surface area contributed by atoms with E-state index in [9.17, 15) is 19.7 Å². The van der Waals surface area contributed by atoms with Gasteiger partial charge in [-0.2, -0.15) is 0 Å². The first-order chi connectivity index (χ1) is 9.41. The summed E-state index contributed by atoms with van der Waals surface area (Å²) in [5, 5.41) is 21.4. The number of carboxylic acids is 1. The van der Waals surface area contributed by atoms with Crippen molar-refractivity contribution in [2.75, 3.05) is 19.8 Å². The van der Waals surface area contributed by atoms with Crippen LogP contribution in [0.2, 0.25) is 5.02 Å². The third-order valence-electron chi connectivity index (χ3n) is 2.16. The highest BCUT2D eigenvalue weighted by molar-refractivity contribution is 6.32. The second kappa shape index (κ2) is 7.41. The summed E-state index contributed by atoms with van der Waals surface area (Å²) in [6, 6.07) is 3.67. The maximum Gasteiger partial charge on any atom is 0.329 e. The van der Waals surface area contributed by atoms with Crippen LogP contribution in [-0.4, -0.2) is 41.7 Å². The topological polar surface area (TPSA) is 119 Å². The fraction of sp³-hybridized carbons (Fsp3) is 0.273. The lowest BCUT2D eigenvalue weighted by Gasteiger charge is -2.05. The smallest absolute Gasteiger partial charge is 0.329 e. The highest BCUT2D eigenvalue weighted by Gasteiger charge is 2.15. The maximum atomic E-state index is 11.7. The van der Waals surface area contributed by atoms with E-state index < -0.39 is 23.4 Å². The number of nitro benzene ring substituents is 1. The molecule has 1 aromatic carbocycles. The quantitative estimate of drug-likeness (QED) is 0.442. The molecule has 0 bridgehead atoms. The van der Waals surface area contributed by atoms with Crippen molar-refractivity contribution in [3.8, 4) is 0 Å². The zero-order valence-electron chi connectivity index (χ0n) is 10.2. The standard InChI is InChI=1S/C11H11ClN2O6/c12-8-2-1-7(5-9(8)14(18)19)11(17)13-3-4-20-6-10(15)16/h1-2,5H,3-4,6H2,(H,13,17)(H,15,16). The zero-order valence-corrected chi connectivity index (χ0v) is 10.9. The maximum absolute atomic E-state index is 11.7. The van der Waals surface area contributed by atoms with Crippen LogP contribution in [0.1, 0.15) is 10.4 Å². The minimum atomic E-state index is -1.11. The second-order valence-corrected chi connectivity index (χ2v) is 4.03. The molecule has 9 heteroatoms. The van der Waals surface area contributed by atoms with Crippen molar-refractivity contribution in [3.63, 3.8) is 0 Å². The molecule has 108 valence electrons. The van der Waals surface area contributed by atoms with Gasteiger partial charge in [-0.05, 0) is 12.1 Å². The Hall–Kier alpha value is -2.19. The normalized spacial score (nSPS) is 10.1. The lowest BCUT2D eigenvalue weighted by Crippen LogP contribution is -2.28. The SMILES string of the molecule is O=C(O)COCCNC(=O)c1ccc(Cl)c([N+](=O)[O-])c1. The zero-order chi connectivity index (χ0) is 15.1. The molecular formula is C11H11ClN2O6. The van der Waals surface area contributed by atoms with Crippen molar-refractivity contribution in [2.24, 2.45) is 0 Å². The fourth-order valence-corrected chi connectivity index (χ4v) is 1.48. The van der Waals surface area contributed by atoms with E-state index in [0.29, 0.717) is 0 Å². The Morgan fingerprint density at radius 3 is 2.75 bits per heavy atom. The van der Waals surface area contributed by atoms with Gasteiger partial charge in [-0.1, -0.05) is 11.6 Å². The summed E-state index contributed by atoms with van der Waals surface area (Å²) in [4.78, 5) is 31.8. The first-order valence-electron chi connectivity index (χ1n) is 5.43. The summed E-state index contributed by atoms with van der Waals surface area (Å²) >= 11 is 5.62. The molecular weight excluding hydrogens is 292 g/mol. The number of halogens is 1. The van der Waals surface area contributed by atoms with Crippen LogP contribution in [0, 0.1) is 10.1 Å². The molecule has 1 aromatic rings. The third-order valence-corrected chi connectivity index (χ3v) is 2.48. The van der Waals surface area contributed by atoms with E-state index in [1.54, 1.807) is 0 Å². The molecule has 8 nitrogen and oxygen atoms in total. The second-order valence-electron chi connectivity index (χ2n) is 3.63. The Kier molecular flexibility index (Phi) is 5.88. The van der Waals surface area contributed by atoms with E-state index in [1.165, 1.54) is 12.1 Å². The van der Waals surface area contributed by atoms with E-state index in [0.717, 1.165) is 6.07 Å². The highest BCUT2D eigenvalue weighted by atomic mass is 35.5. The van der Waals surface area contributed by atoms with Gasteiger partial charge in [-0.3, -0.25) is 14.9 Å². The Balaban J connectivity index is 2.53. The number of rotatable bonds is 7. The van der Waals surface area contributed by atoms with E-state index in [-0.39, 0.29) is 29.4 Å². The van der Waals surface area contributed by atoms with E-state index >= 15 is 0 Å². The van der Waals surface area contributed by atoms with Crippen molar-refractivity contribution in [1.82, 2.24) is 5.32 Å². The van der Waals surface area contributed by atoms with Gasteiger partial charge in [0.05, 0.1) is 11.5 Å². The van der Waals surface area contributed by atoms with Crippen LogP contribution < -0.4 is 5.32 Å². The van der Waals surface area contributed by atoms with Gasteiger partial charge in [0.25, 0.3) is 11.6 Å². The summed E-state index contributed by atoms with van der Waals surface area (Å²) in [6.45, 7) is -0.349. The van der Waals surface area contributed by atoms with Gasteiger partial charge in [0.2, 0.25) is 0 Å². The van der Waals surface area contributed by atoms with Crippen LogP contribution in [-0.2, 0) is 9.53 Å². The minimum absolute atomic E-state index is 0.0216. The summed E-state index contributed by atoms with van der Waals surface area (Å²) in [6.07, 6.45) is 0. The summed E-state index contributed by atoms with van der Waals surface area (Å²) in [5.41, 5.74) is -0.277. The number of aliphatic carboxylic acids is 1. The van der Waals surface area contributed by atoms with Crippen LogP contribution in [0.5, 0.6) is 0 Å². The number of nitrogens with zero attached hydrogens (tertiary/aromatic N) is 1. The molecule has 2 N–H and O–H groups in total. The molecule has 0 aliphatic carbocycles. The average Bonchev–Trinajstić information content (AvgIpc) is 2.37. The van der Waals surface area contributed by atoms with Crippen LogP contribution in [0.15, 0.2) is 18.2 Å². The number of carbonyl (C=O) groups excluding carboxylic acids is 1. The van der Waals surface area contributed by atoms with Gasteiger partial charge in [-0.25, -0.2) is 4.79 Å². The number of hydrogen-bond donors (Lipinski definition) is 2. The average molecular weight is 303 g/mol. The summed E-state index contributed by atoms with van der Waals surface area (Å²) in [5.74, 6) is -1.65. The van der Waals surface area contributed by atoms with Crippen molar-refractivity contribution < 1.29 is 24.4 Å². The number of nitrogens with one attached hydrogen (secondary N) is 1. The Morgan fingerprint density at radius 2 is 2.15 bits per heavy atom. The van der Waals surface area contributed by atoms with Crippen LogP contribution in [0.25, 0.3) is 0 Å². The lowest BCUT2D eigenvalue weighted by atomic mass is 10.2. The molecule has 0 saturated heterocycles. The number of ether oxygens (including phenoxy) is 1. The van der Waals surface area contributed by atoms with Gasteiger partial charge >= 0.3 is 5.97 Å².